The lowest BCUT2D eigenvalue weighted by Crippen LogP contribution is -2.39. The maximum Gasteiger partial charge on any atom is 0.136 e. The Hall–Kier alpha value is -0.370. The lowest BCUT2D eigenvalue weighted by Gasteiger charge is -2.29. The van der Waals surface area contributed by atoms with Crippen LogP contribution in [-0.4, -0.2) is 29.8 Å². The first-order valence-corrected chi connectivity index (χ1v) is 4.01. The molecule has 56 valence electrons. The van der Waals surface area contributed by atoms with Crippen LogP contribution in [0.4, 0.5) is 0 Å². The summed E-state index contributed by atoms with van der Waals surface area (Å²) in [6.45, 7) is 0. The van der Waals surface area contributed by atoms with Crippen molar-refractivity contribution in [2.45, 2.75) is 37.8 Å². The SMILES string of the molecule is CN1[C@@H]2CC[C@H]1CC(=O)C2. The molecule has 2 heteroatoms. The molecule has 2 fully saturated rings. The minimum atomic E-state index is 0.477. The van der Waals surface area contributed by atoms with E-state index in [1.165, 1.54) is 12.8 Å². The normalized spacial score (nSPS) is 40.7. The van der Waals surface area contributed by atoms with Crippen molar-refractivity contribution < 1.29 is 4.79 Å². The van der Waals surface area contributed by atoms with Crippen molar-refractivity contribution in [2.24, 2.45) is 0 Å². The summed E-state index contributed by atoms with van der Waals surface area (Å²) >= 11 is 0. The Kier molecular flexibility index (Phi) is 1.31. The molecule has 0 aromatic heterocycles. The van der Waals surface area contributed by atoms with E-state index in [0.717, 1.165) is 12.8 Å². The molecule has 0 aliphatic carbocycles. The second kappa shape index (κ2) is 2.06. The van der Waals surface area contributed by atoms with Crippen LogP contribution in [0.15, 0.2) is 0 Å². The molecule has 2 atom stereocenters. The van der Waals surface area contributed by atoms with Crippen LogP contribution in [0.2, 0.25) is 0 Å². The van der Waals surface area contributed by atoms with Crippen LogP contribution in [-0.2, 0) is 4.79 Å². The molecule has 0 saturated carbocycles. The fourth-order valence-electron chi connectivity index (χ4n) is 2.19. The van der Waals surface area contributed by atoms with Crippen molar-refractivity contribution in [3.63, 3.8) is 0 Å². The Morgan fingerprint density at radius 1 is 1.30 bits per heavy atom. The molecule has 2 aliphatic rings. The maximum absolute atomic E-state index is 11.0. The van der Waals surface area contributed by atoms with Gasteiger partial charge in [-0.2, -0.15) is 0 Å². The van der Waals surface area contributed by atoms with Crippen LogP contribution in [0, 0.1) is 0 Å². The number of carbonyl (C=O) groups excluding carboxylic acids is 1. The van der Waals surface area contributed by atoms with Crippen LogP contribution >= 0.6 is 0 Å². The lowest BCUT2D eigenvalue weighted by atomic mass is 10.0. The summed E-state index contributed by atoms with van der Waals surface area (Å²) in [5, 5.41) is 0. The van der Waals surface area contributed by atoms with Gasteiger partial charge in [-0.3, -0.25) is 9.69 Å². The van der Waals surface area contributed by atoms with E-state index in [1.807, 2.05) is 0 Å². The van der Waals surface area contributed by atoms with E-state index in [4.69, 9.17) is 0 Å². The Morgan fingerprint density at radius 2 is 1.80 bits per heavy atom. The van der Waals surface area contributed by atoms with Crippen molar-refractivity contribution in [1.29, 1.82) is 0 Å². The van der Waals surface area contributed by atoms with Gasteiger partial charge in [-0.05, 0) is 19.9 Å². The number of hydrogen-bond donors (Lipinski definition) is 0. The predicted molar refractivity (Wildman–Crippen MR) is 38.8 cm³/mol. The fraction of sp³-hybridized carbons (Fsp3) is 0.875. The molecule has 2 aliphatic heterocycles. The summed E-state index contributed by atoms with van der Waals surface area (Å²) in [6, 6.07) is 1.18. The zero-order valence-electron chi connectivity index (χ0n) is 6.34. The number of hydrogen-bond acceptors (Lipinski definition) is 2. The van der Waals surface area contributed by atoms with E-state index >= 15 is 0 Å². The summed E-state index contributed by atoms with van der Waals surface area (Å²) in [5.74, 6) is 0.477. The van der Waals surface area contributed by atoms with Crippen molar-refractivity contribution in [3.8, 4) is 0 Å². The van der Waals surface area contributed by atoms with Gasteiger partial charge in [-0.25, -0.2) is 0 Å². The topological polar surface area (TPSA) is 20.3 Å². The molecular weight excluding hydrogens is 126 g/mol. The number of rotatable bonds is 0. The first kappa shape index (κ1) is 6.35. The number of fused-ring (bicyclic) bond motifs is 2. The monoisotopic (exact) mass is 139 g/mol. The summed E-state index contributed by atoms with van der Waals surface area (Å²) in [5.41, 5.74) is 0. The molecule has 0 N–H and O–H groups in total. The highest BCUT2D eigenvalue weighted by atomic mass is 16.1. The zero-order valence-corrected chi connectivity index (χ0v) is 6.34. The number of piperidine rings is 1. The summed E-state index contributed by atoms with van der Waals surface area (Å²) in [6.07, 6.45) is 4.11. The van der Waals surface area contributed by atoms with Gasteiger partial charge in [0.25, 0.3) is 0 Å². The standard InChI is InChI=1S/C8H13NO/c1-9-6-2-3-7(9)5-8(10)4-6/h6-7H,2-5H2,1H3/t6-,7+. The van der Waals surface area contributed by atoms with E-state index in [-0.39, 0.29) is 0 Å². The molecule has 2 rings (SSSR count). The molecule has 0 amide bonds. The molecule has 0 radical (unpaired) electrons. The average molecular weight is 139 g/mol. The predicted octanol–water partition coefficient (Wildman–Crippen LogP) is 0.812. The highest BCUT2D eigenvalue weighted by Crippen LogP contribution is 2.31. The Labute approximate surface area is 61.2 Å². The van der Waals surface area contributed by atoms with Crippen LogP contribution in [0.3, 0.4) is 0 Å². The molecular formula is C8H13NO. The number of carbonyl (C=O) groups is 1. The molecule has 10 heavy (non-hydrogen) atoms. The second-order valence-corrected chi connectivity index (χ2v) is 3.50. The third-order valence-electron chi connectivity index (χ3n) is 2.91. The van der Waals surface area contributed by atoms with Gasteiger partial charge in [0.2, 0.25) is 0 Å². The molecule has 0 aromatic carbocycles. The molecule has 0 spiro atoms. The van der Waals surface area contributed by atoms with Crippen LogP contribution in [0.25, 0.3) is 0 Å². The van der Waals surface area contributed by atoms with E-state index in [9.17, 15) is 4.79 Å². The second-order valence-electron chi connectivity index (χ2n) is 3.50. The molecule has 0 unspecified atom stereocenters. The largest absolute Gasteiger partial charge is 0.300 e. The summed E-state index contributed by atoms with van der Waals surface area (Å²) in [7, 11) is 2.15. The molecule has 2 nitrogen and oxygen atoms in total. The fourth-order valence-corrected chi connectivity index (χ4v) is 2.19. The lowest BCUT2D eigenvalue weighted by molar-refractivity contribution is -0.123. The highest BCUT2D eigenvalue weighted by molar-refractivity contribution is 5.80. The third-order valence-corrected chi connectivity index (χ3v) is 2.91. The van der Waals surface area contributed by atoms with E-state index in [0.29, 0.717) is 17.9 Å². The zero-order chi connectivity index (χ0) is 7.14. The van der Waals surface area contributed by atoms with Crippen molar-refractivity contribution in [3.05, 3.63) is 0 Å². The Bertz CT molecular complexity index is 151. The van der Waals surface area contributed by atoms with Crippen molar-refractivity contribution in [2.75, 3.05) is 7.05 Å². The van der Waals surface area contributed by atoms with E-state index in [1.54, 1.807) is 0 Å². The smallest absolute Gasteiger partial charge is 0.136 e. The van der Waals surface area contributed by atoms with E-state index < -0.39 is 0 Å². The van der Waals surface area contributed by atoms with Gasteiger partial charge < -0.3 is 0 Å². The van der Waals surface area contributed by atoms with E-state index in [2.05, 4.69) is 11.9 Å². The van der Waals surface area contributed by atoms with Gasteiger partial charge in [0.15, 0.2) is 0 Å². The Morgan fingerprint density at radius 3 is 2.30 bits per heavy atom. The van der Waals surface area contributed by atoms with Crippen LogP contribution < -0.4 is 0 Å². The molecule has 2 bridgehead atoms. The van der Waals surface area contributed by atoms with Gasteiger partial charge >= 0.3 is 0 Å². The van der Waals surface area contributed by atoms with Gasteiger partial charge in [-0.15, -0.1) is 0 Å². The highest BCUT2D eigenvalue weighted by Gasteiger charge is 2.37. The first-order valence-electron chi connectivity index (χ1n) is 4.01. The molecule has 2 heterocycles. The molecule has 0 aromatic rings. The van der Waals surface area contributed by atoms with Gasteiger partial charge in [0.05, 0.1) is 0 Å². The summed E-state index contributed by atoms with van der Waals surface area (Å²) < 4.78 is 0. The number of ketones is 1. The maximum atomic E-state index is 11.0. The number of Topliss-reactive ketones (excluding diaryl/α,β-unsaturated/α-hetero) is 1. The Balaban J connectivity index is 2.16. The first-order chi connectivity index (χ1) is 4.77. The molecule has 2 saturated heterocycles. The minimum absolute atomic E-state index is 0.477. The number of nitrogens with zero attached hydrogens (tertiary/aromatic N) is 1. The summed E-state index contributed by atoms with van der Waals surface area (Å²) in [4.78, 5) is 13.4. The van der Waals surface area contributed by atoms with Crippen molar-refractivity contribution >= 4 is 5.78 Å². The quantitative estimate of drug-likeness (QED) is 0.495. The third kappa shape index (κ3) is 0.788. The minimum Gasteiger partial charge on any atom is -0.300 e. The van der Waals surface area contributed by atoms with Gasteiger partial charge in [0, 0.05) is 24.9 Å². The van der Waals surface area contributed by atoms with Crippen LogP contribution in [0.5, 0.6) is 0 Å². The van der Waals surface area contributed by atoms with Gasteiger partial charge in [0.1, 0.15) is 5.78 Å². The van der Waals surface area contributed by atoms with Crippen molar-refractivity contribution in [1.82, 2.24) is 4.90 Å². The average Bonchev–Trinajstić information content (AvgIpc) is 2.20. The van der Waals surface area contributed by atoms with Gasteiger partial charge in [-0.1, -0.05) is 0 Å². The van der Waals surface area contributed by atoms with Crippen LogP contribution in [0.1, 0.15) is 25.7 Å².